The number of aryl methyl sites for hydroxylation is 2. The molecule has 0 unspecified atom stereocenters. The van der Waals surface area contributed by atoms with Crippen LogP contribution in [0, 0.1) is 13.8 Å². The Labute approximate surface area is 132 Å². The molecule has 0 aliphatic heterocycles. The first-order valence-electron chi connectivity index (χ1n) is 7.19. The van der Waals surface area contributed by atoms with Gasteiger partial charge in [-0.2, -0.15) is 0 Å². The third-order valence-corrected chi connectivity index (χ3v) is 4.72. The molecule has 108 valence electrons. The molecule has 0 saturated heterocycles. The molecular formula is C18H15N3S. The number of nitrogens with one attached hydrogen (secondary N) is 1. The van der Waals surface area contributed by atoms with E-state index in [1.54, 1.807) is 11.3 Å². The second kappa shape index (κ2) is 5.07. The van der Waals surface area contributed by atoms with Gasteiger partial charge in [-0.25, -0.2) is 9.97 Å². The summed E-state index contributed by atoms with van der Waals surface area (Å²) in [6, 6.07) is 14.5. The Balaban J connectivity index is 1.78. The Bertz CT molecular complexity index is 912. The number of hydrogen-bond donors (Lipinski definition) is 1. The Morgan fingerprint density at radius 3 is 2.55 bits per heavy atom. The molecule has 4 heteroatoms. The maximum atomic E-state index is 4.72. The Kier molecular flexibility index (Phi) is 3.05. The summed E-state index contributed by atoms with van der Waals surface area (Å²) in [5, 5.41) is 3.00. The molecule has 2 aromatic heterocycles. The molecule has 22 heavy (non-hydrogen) atoms. The zero-order valence-electron chi connectivity index (χ0n) is 12.4. The minimum absolute atomic E-state index is 0.840. The fourth-order valence-electron chi connectivity index (χ4n) is 2.49. The van der Waals surface area contributed by atoms with E-state index in [9.17, 15) is 0 Å². The Morgan fingerprint density at radius 1 is 0.955 bits per heavy atom. The monoisotopic (exact) mass is 305 g/mol. The van der Waals surface area contributed by atoms with Crippen molar-refractivity contribution in [3.8, 4) is 22.1 Å². The van der Waals surface area contributed by atoms with Gasteiger partial charge in [0.15, 0.2) is 10.8 Å². The van der Waals surface area contributed by atoms with E-state index < -0.39 is 0 Å². The average Bonchev–Trinajstić information content (AvgIpc) is 3.15. The van der Waals surface area contributed by atoms with Gasteiger partial charge < -0.3 is 4.98 Å². The van der Waals surface area contributed by atoms with Crippen LogP contribution in [0.3, 0.4) is 0 Å². The molecule has 0 saturated carbocycles. The summed E-state index contributed by atoms with van der Waals surface area (Å²) in [5.74, 6) is 0.840. The van der Waals surface area contributed by atoms with Crippen LogP contribution in [0.2, 0.25) is 0 Å². The van der Waals surface area contributed by atoms with Gasteiger partial charge in [-0.3, -0.25) is 0 Å². The zero-order chi connectivity index (χ0) is 15.1. The smallest absolute Gasteiger partial charge is 0.167 e. The fraction of sp³-hybridized carbons (Fsp3) is 0.111. The number of aromatic amines is 1. The van der Waals surface area contributed by atoms with Gasteiger partial charge >= 0.3 is 0 Å². The maximum absolute atomic E-state index is 4.72. The molecule has 4 rings (SSSR count). The molecule has 2 heterocycles. The molecule has 0 bridgehead atoms. The number of rotatable bonds is 2. The quantitative estimate of drug-likeness (QED) is 0.568. The van der Waals surface area contributed by atoms with Crippen LogP contribution in [0.15, 0.2) is 47.8 Å². The first kappa shape index (κ1) is 13.2. The van der Waals surface area contributed by atoms with Crippen molar-refractivity contribution in [3.63, 3.8) is 0 Å². The van der Waals surface area contributed by atoms with Gasteiger partial charge in [0.1, 0.15) is 0 Å². The number of H-pyrrole nitrogens is 1. The van der Waals surface area contributed by atoms with Crippen molar-refractivity contribution in [3.05, 3.63) is 59.0 Å². The maximum Gasteiger partial charge on any atom is 0.167 e. The van der Waals surface area contributed by atoms with Crippen molar-refractivity contribution >= 4 is 22.4 Å². The lowest BCUT2D eigenvalue weighted by atomic mass is 10.1. The van der Waals surface area contributed by atoms with E-state index in [1.807, 2.05) is 18.2 Å². The van der Waals surface area contributed by atoms with E-state index in [-0.39, 0.29) is 0 Å². The van der Waals surface area contributed by atoms with E-state index in [4.69, 9.17) is 4.98 Å². The van der Waals surface area contributed by atoms with Crippen molar-refractivity contribution in [1.82, 2.24) is 15.0 Å². The van der Waals surface area contributed by atoms with Crippen LogP contribution in [0.25, 0.3) is 33.1 Å². The van der Waals surface area contributed by atoms with Crippen LogP contribution in [-0.2, 0) is 0 Å². The number of nitrogens with zero attached hydrogens (tertiary/aromatic N) is 2. The highest BCUT2D eigenvalue weighted by Gasteiger charge is 2.11. The van der Waals surface area contributed by atoms with Gasteiger partial charge in [-0.05, 0) is 37.1 Å². The summed E-state index contributed by atoms with van der Waals surface area (Å²) in [5.41, 5.74) is 6.71. The molecule has 1 N–H and O–H groups in total. The summed E-state index contributed by atoms with van der Waals surface area (Å²) in [6.07, 6.45) is 0. The first-order chi connectivity index (χ1) is 10.7. The normalized spacial score (nSPS) is 11.2. The van der Waals surface area contributed by atoms with Gasteiger partial charge in [0.2, 0.25) is 0 Å². The predicted molar refractivity (Wildman–Crippen MR) is 92.1 cm³/mol. The summed E-state index contributed by atoms with van der Waals surface area (Å²) >= 11 is 1.62. The minimum atomic E-state index is 0.840. The lowest BCUT2D eigenvalue weighted by Gasteiger charge is -1.97. The second-order valence-electron chi connectivity index (χ2n) is 5.44. The number of aromatic nitrogens is 3. The van der Waals surface area contributed by atoms with E-state index in [1.165, 1.54) is 11.1 Å². The lowest BCUT2D eigenvalue weighted by molar-refractivity contribution is 1.29. The van der Waals surface area contributed by atoms with Gasteiger partial charge in [-0.15, -0.1) is 11.3 Å². The van der Waals surface area contributed by atoms with Crippen LogP contribution in [-0.4, -0.2) is 15.0 Å². The Hall–Kier alpha value is -2.46. The van der Waals surface area contributed by atoms with Crippen molar-refractivity contribution < 1.29 is 0 Å². The fourth-order valence-corrected chi connectivity index (χ4v) is 3.27. The molecule has 3 nitrogen and oxygen atoms in total. The topological polar surface area (TPSA) is 41.6 Å². The van der Waals surface area contributed by atoms with E-state index in [0.717, 1.165) is 33.1 Å². The second-order valence-corrected chi connectivity index (χ2v) is 6.30. The third kappa shape index (κ3) is 2.22. The Morgan fingerprint density at radius 2 is 1.73 bits per heavy atom. The lowest BCUT2D eigenvalue weighted by Crippen LogP contribution is -1.80. The van der Waals surface area contributed by atoms with E-state index in [2.05, 4.69) is 53.5 Å². The number of imidazole rings is 1. The number of fused-ring (bicyclic) bond motifs is 1. The number of benzene rings is 2. The molecule has 0 radical (unpaired) electrons. The summed E-state index contributed by atoms with van der Waals surface area (Å²) < 4.78 is 0. The van der Waals surface area contributed by atoms with E-state index in [0.29, 0.717) is 0 Å². The molecule has 2 aromatic carbocycles. The zero-order valence-corrected chi connectivity index (χ0v) is 13.2. The SMILES string of the molecule is Cc1cc2nc(-c3nc(-c4ccccc4)cs3)[nH]c2cc1C. The summed E-state index contributed by atoms with van der Waals surface area (Å²) in [7, 11) is 0. The van der Waals surface area contributed by atoms with Crippen LogP contribution < -0.4 is 0 Å². The highest BCUT2D eigenvalue weighted by molar-refractivity contribution is 7.13. The van der Waals surface area contributed by atoms with Crippen LogP contribution in [0.5, 0.6) is 0 Å². The van der Waals surface area contributed by atoms with Crippen molar-refractivity contribution in [2.75, 3.05) is 0 Å². The van der Waals surface area contributed by atoms with Gasteiger partial charge in [0, 0.05) is 10.9 Å². The van der Waals surface area contributed by atoms with Crippen molar-refractivity contribution in [2.45, 2.75) is 13.8 Å². The number of thiazole rings is 1. The molecule has 0 aliphatic rings. The van der Waals surface area contributed by atoms with Crippen LogP contribution in [0.4, 0.5) is 0 Å². The number of hydrogen-bond acceptors (Lipinski definition) is 3. The first-order valence-corrected chi connectivity index (χ1v) is 8.07. The van der Waals surface area contributed by atoms with Crippen molar-refractivity contribution in [2.24, 2.45) is 0 Å². The molecule has 0 amide bonds. The van der Waals surface area contributed by atoms with Gasteiger partial charge in [0.05, 0.1) is 16.7 Å². The third-order valence-electron chi connectivity index (χ3n) is 3.87. The molecule has 4 aromatic rings. The standard InChI is InChI=1S/C18H15N3S/c1-11-8-14-15(9-12(11)2)20-17(19-14)18-21-16(10-22-18)13-6-4-3-5-7-13/h3-10H,1-2H3,(H,19,20). The molecule has 0 aliphatic carbocycles. The molecular weight excluding hydrogens is 290 g/mol. The summed E-state index contributed by atoms with van der Waals surface area (Å²) in [6.45, 7) is 4.23. The largest absolute Gasteiger partial charge is 0.336 e. The molecule has 0 atom stereocenters. The highest BCUT2D eigenvalue weighted by atomic mass is 32.1. The average molecular weight is 305 g/mol. The predicted octanol–water partition coefficient (Wildman–Crippen LogP) is 4.97. The highest BCUT2D eigenvalue weighted by Crippen LogP contribution is 2.29. The van der Waals surface area contributed by atoms with Gasteiger partial charge in [0.25, 0.3) is 0 Å². The van der Waals surface area contributed by atoms with Crippen molar-refractivity contribution in [1.29, 1.82) is 0 Å². The van der Waals surface area contributed by atoms with E-state index >= 15 is 0 Å². The van der Waals surface area contributed by atoms with Gasteiger partial charge in [-0.1, -0.05) is 30.3 Å². The van der Waals surface area contributed by atoms with Crippen LogP contribution in [0.1, 0.15) is 11.1 Å². The summed E-state index contributed by atoms with van der Waals surface area (Å²) in [4.78, 5) is 12.8. The molecule has 0 spiro atoms. The molecule has 0 fully saturated rings. The minimum Gasteiger partial charge on any atom is -0.336 e. The van der Waals surface area contributed by atoms with Crippen LogP contribution >= 0.6 is 11.3 Å².